The molecule has 2 atom stereocenters. The van der Waals surface area contributed by atoms with Gasteiger partial charge < -0.3 is 10.6 Å². The van der Waals surface area contributed by atoms with Crippen LogP contribution in [0.15, 0.2) is 77.3 Å². The maximum atomic E-state index is 6.71. The van der Waals surface area contributed by atoms with E-state index in [0.717, 1.165) is 27.0 Å². The fourth-order valence-corrected chi connectivity index (χ4v) is 4.18. The van der Waals surface area contributed by atoms with Gasteiger partial charge in [-0.05, 0) is 42.0 Å². The van der Waals surface area contributed by atoms with E-state index < -0.39 is 6.29 Å². The summed E-state index contributed by atoms with van der Waals surface area (Å²) < 4.78 is 1.03. The first-order chi connectivity index (χ1) is 13.0. The molecule has 4 nitrogen and oxygen atoms in total. The van der Waals surface area contributed by atoms with Gasteiger partial charge in [-0.15, -0.1) is 0 Å². The van der Waals surface area contributed by atoms with Crippen LogP contribution in [0.4, 0.5) is 11.4 Å². The van der Waals surface area contributed by atoms with Gasteiger partial charge in [0.2, 0.25) is 0 Å². The molecule has 0 saturated heterocycles. The van der Waals surface area contributed by atoms with Gasteiger partial charge in [0, 0.05) is 33.0 Å². The highest BCUT2D eigenvalue weighted by Gasteiger charge is 2.36. The molecule has 0 amide bonds. The molecule has 0 fully saturated rings. The third kappa shape index (κ3) is 3.61. The summed E-state index contributed by atoms with van der Waals surface area (Å²) in [7, 11) is 0. The standard InChI is InChI=1S/C21H20BrClN4/c22-15-6-3-5-14(11-15)13-26-20(24)18-9-1-2-10-19(18)27(21(26)25)17-8-4-7-16(23)12-17/h1-12,20-21H,13,24-25H2. The Morgan fingerprint density at radius 2 is 1.70 bits per heavy atom. The number of nitrogens with zero attached hydrogens (tertiary/aromatic N) is 2. The topological polar surface area (TPSA) is 58.5 Å². The van der Waals surface area contributed by atoms with Crippen LogP contribution < -0.4 is 16.4 Å². The Hall–Kier alpha value is -1.89. The van der Waals surface area contributed by atoms with Gasteiger partial charge in [-0.1, -0.05) is 63.9 Å². The van der Waals surface area contributed by atoms with Crippen molar-refractivity contribution in [2.75, 3.05) is 4.90 Å². The lowest BCUT2D eigenvalue weighted by molar-refractivity contribution is 0.121. The van der Waals surface area contributed by atoms with Gasteiger partial charge in [0.1, 0.15) is 6.29 Å². The summed E-state index contributed by atoms with van der Waals surface area (Å²) in [5.74, 6) is 0. The highest BCUT2D eigenvalue weighted by Crippen LogP contribution is 2.40. The zero-order chi connectivity index (χ0) is 19.0. The molecule has 0 aromatic heterocycles. The average Bonchev–Trinajstić information content (AvgIpc) is 2.65. The zero-order valence-electron chi connectivity index (χ0n) is 14.6. The summed E-state index contributed by atoms with van der Waals surface area (Å²) in [6.07, 6.45) is -0.724. The monoisotopic (exact) mass is 442 g/mol. The lowest BCUT2D eigenvalue weighted by atomic mass is 10.0. The van der Waals surface area contributed by atoms with Crippen LogP contribution in [0.2, 0.25) is 5.02 Å². The maximum Gasteiger partial charge on any atom is 0.141 e. The number of para-hydroxylation sites is 1. The van der Waals surface area contributed by atoms with Gasteiger partial charge in [-0.2, -0.15) is 0 Å². The quantitative estimate of drug-likeness (QED) is 0.601. The Bertz CT molecular complexity index is 964. The van der Waals surface area contributed by atoms with E-state index in [4.69, 9.17) is 23.1 Å². The van der Waals surface area contributed by atoms with Crippen molar-refractivity contribution in [1.29, 1.82) is 0 Å². The van der Waals surface area contributed by atoms with E-state index in [0.29, 0.717) is 11.6 Å². The van der Waals surface area contributed by atoms with Crippen molar-refractivity contribution in [1.82, 2.24) is 4.90 Å². The third-order valence-corrected chi connectivity index (χ3v) is 5.55. The molecule has 138 valence electrons. The van der Waals surface area contributed by atoms with E-state index in [1.807, 2.05) is 54.6 Å². The Balaban J connectivity index is 1.78. The molecular weight excluding hydrogens is 424 g/mol. The molecule has 1 heterocycles. The molecule has 0 aliphatic carbocycles. The molecule has 0 radical (unpaired) electrons. The molecule has 6 heteroatoms. The molecule has 4 rings (SSSR count). The van der Waals surface area contributed by atoms with Crippen LogP contribution >= 0.6 is 27.5 Å². The van der Waals surface area contributed by atoms with Crippen LogP contribution in [0.1, 0.15) is 17.3 Å². The van der Waals surface area contributed by atoms with Crippen molar-refractivity contribution >= 4 is 38.9 Å². The number of anilines is 2. The number of fused-ring (bicyclic) bond motifs is 1. The molecule has 3 aromatic carbocycles. The van der Waals surface area contributed by atoms with Gasteiger partial charge >= 0.3 is 0 Å². The molecule has 0 spiro atoms. The Labute approximate surface area is 172 Å². The Kier molecular flexibility index (Phi) is 5.21. The number of halogens is 2. The molecule has 1 aliphatic rings. The molecular formula is C21H20BrClN4. The minimum absolute atomic E-state index is 0.300. The van der Waals surface area contributed by atoms with E-state index in [2.05, 4.69) is 43.9 Å². The minimum Gasteiger partial charge on any atom is -0.312 e. The lowest BCUT2D eigenvalue weighted by Crippen LogP contribution is -2.58. The van der Waals surface area contributed by atoms with E-state index >= 15 is 0 Å². The number of rotatable bonds is 3. The van der Waals surface area contributed by atoms with Crippen molar-refractivity contribution in [2.45, 2.75) is 19.0 Å². The zero-order valence-corrected chi connectivity index (χ0v) is 16.9. The fraction of sp³-hybridized carbons (Fsp3) is 0.143. The van der Waals surface area contributed by atoms with Crippen molar-refractivity contribution < 1.29 is 0 Å². The SMILES string of the molecule is NC1c2ccccc2N(c2cccc(Cl)c2)C(N)N1Cc1cccc(Br)c1. The van der Waals surface area contributed by atoms with E-state index in [1.165, 1.54) is 0 Å². The highest BCUT2D eigenvalue weighted by atomic mass is 79.9. The van der Waals surface area contributed by atoms with E-state index in [9.17, 15) is 0 Å². The van der Waals surface area contributed by atoms with E-state index in [1.54, 1.807) is 0 Å². The third-order valence-electron chi connectivity index (χ3n) is 4.82. The molecule has 3 aromatic rings. The van der Waals surface area contributed by atoms with Crippen LogP contribution in [0.3, 0.4) is 0 Å². The molecule has 4 N–H and O–H groups in total. The second kappa shape index (κ2) is 7.62. The Morgan fingerprint density at radius 1 is 0.926 bits per heavy atom. The maximum absolute atomic E-state index is 6.71. The van der Waals surface area contributed by atoms with Gasteiger partial charge in [0.05, 0.1) is 6.17 Å². The summed E-state index contributed by atoms with van der Waals surface area (Å²) in [6, 6.07) is 24.0. The van der Waals surface area contributed by atoms with Crippen molar-refractivity contribution in [3.05, 3.63) is 93.4 Å². The first-order valence-corrected chi connectivity index (χ1v) is 9.87. The van der Waals surface area contributed by atoms with Gasteiger partial charge in [-0.3, -0.25) is 5.73 Å². The number of hydrogen-bond acceptors (Lipinski definition) is 4. The summed E-state index contributed by atoms with van der Waals surface area (Å²) in [5.41, 5.74) is 17.5. The molecule has 0 bridgehead atoms. The second-order valence-electron chi connectivity index (χ2n) is 6.57. The van der Waals surface area contributed by atoms with Crippen molar-refractivity contribution in [2.24, 2.45) is 11.5 Å². The second-order valence-corrected chi connectivity index (χ2v) is 7.92. The number of hydrogen-bond donors (Lipinski definition) is 2. The molecule has 1 aliphatic heterocycles. The largest absolute Gasteiger partial charge is 0.312 e. The first-order valence-electron chi connectivity index (χ1n) is 8.69. The number of nitrogens with two attached hydrogens (primary N) is 2. The molecule has 2 unspecified atom stereocenters. The van der Waals surface area contributed by atoms with Gasteiger partial charge in [0.15, 0.2) is 0 Å². The summed E-state index contributed by atoms with van der Waals surface area (Å²) in [4.78, 5) is 4.17. The average molecular weight is 444 g/mol. The normalized spacial score (nSPS) is 19.8. The van der Waals surface area contributed by atoms with Crippen molar-refractivity contribution in [3.8, 4) is 0 Å². The number of benzene rings is 3. The molecule has 27 heavy (non-hydrogen) atoms. The van der Waals surface area contributed by atoms with Crippen LogP contribution in [-0.2, 0) is 6.54 Å². The fourth-order valence-electron chi connectivity index (χ4n) is 3.55. The van der Waals surface area contributed by atoms with Gasteiger partial charge in [0.25, 0.3) is 0 Å². The predicted molar refractivity (Wildman–Crippen MR) is 115 cm³/mol. The van der Waals surface area contributed by atoms with Crippen LogP contribution in [0.25, 0.3) is 0 Å². The van der Waals surface area contributed by atoms with Gasteiger partial charge in [-0.25, -0.2) is 4.90 Å². The van der Waals surface area contributed by atoms with Crippen LogP contribution in [-0.4, -0.2) is 11.2 Å². The summed E-state index contributed by atoms with van der Waals surface area (Å²) in [6.45, 7) is 0.632. The van der Waals surface area contributed by atoms with E-state index in [-0.39, 0.29) is 6.17 Å². The predicted octanol–water partition coefficient (Wildman–Crippen LogP) is 4.96. The van der Waals surface area contributed by atoms with Crippen LogP contribution in [0, 0.1) is 0 Å². The van der Waals surface area contributed by atoms with Crippen LogP contribution in [0.5, 0.6) is 0 Å². The summed E-state index contributed by atoms with van der Waals surface area (Å²) in [5, 5.41) is 0.672. The highest BCUT2D eigenvalue weighted by molar-refractivity contribution is 9.10. The smallest absolute Gasteiger partial charge is 0.141 e. The Morgan fingerprint density at radius 3 is 2.48 bits per heavy atom. The lowest BCUT2D eigenvalue weighted by Gasteiger charge is -2.47. The minimum atomic E-state index is -0.424. The molecule has 0 saturated carbocycles. The van der Waals surface area contributed by atoms with Crippen molar-refractivity contribution in [3.63, 3.8) is 0 Å². The summed E-state index contributed by atoms with van der Waals surface area (Å²) >= 11 is 9.77. The first kappa shape index (κ1) is 18.5.